The Labute approximate surface area is 121 Å². The number of carbonyl (C=O) groups is 1. The second-order valence-electron chi connectivity index (χ2n) is 5.51. The maximum Gasteiger partial charge on any atom is 0.261 e. The number of benzene rings is 1. The molecule has 0 radical (unpaired) electrons. The molecule has 1 aromatic heterocycles. The lowest BCUT2D eigenvalue weighted by Gasteiger charge is -2.23. The molecule has 0 aliphatic carbocycles. The summed E-state index contributed by atoms with van der Waals surface area (Å²) in [7, 11) is -3.02. The average Bonchev–Trinajstić information content (AvgIpc) is 2.90. The van der Waals surface area contributed by atoms with Crippen molar-refractivity contribution in [1.82, 2.24) is 5.32 Å². The van der Waals surface area contributed by atoms with Crippen LogP contribution in [0, 0.1) is 0 Å². The van der Waals surface area contributed by atoms with E-state index in [2.05, 4.69) is 5.32 Å². The Bertz CT molecular complexity index is 746. The Balaban J connectivity index is 1.83. The second kappa shape index (κ2) is 4.56. The highest BCUT2D eigenvalue weighted by Crippen LogP contribution is 2.27. The quantitative estimate of drug-likeness (QED) is 0.925. The summed E-state index contributed by atoms with van der Waals surface area (Å²) >= 11 is 1.43. The van der Waals surface area contributed by atoms with E-state index in [0.29, 0.717) is 11.3 Å². The third kappa shape index (κ3) is 2.58. The average molecular weight is 309 g/mol. The summed E-state index contributed by atoms with van der Waals surface area (Å²) < 4.78 is 24.2. The normalized spacial score (nSPS) is 24.9. The molecule has 2 heterocycles. The highest BCUT2D eigenvalue weighted by Gasteiger charge is 2.39. The van der Waals surface area contributed by atoms with E-state index >= 15 is 0 Å². The van der Waals surface area contributed by atoms with Crippen LogP contribution in [-0.4, -0.2) is 31.4 Å². The minimum absolute atomic E-state index is 0.0244. The standard InChI is InChI=1S/C14H15NO3S2/c1-14(6-7-20(17,18)9-14)15-13(16)12-8-10-4-2-3-5-11(10)19-12/h2-5,8H,6-7,9H2,1H3,(H,15,16)/t14-/m1/s1. The summed E-state index contributed by atoms with van der Waals surface area (Å²) in [6, 6.07) is 9.65. The number of sulfone groups is 1. The van der Waals surface area contributed by atoms with Crippen molar-refractivity contribution >= 4 is 37.2 Å². The molecule has 1 aliphatic heterocycles. The van der Waals surface area contributed by atoms with Gasteiger partial charge in [0, 0.05) is 4.70 Å². The molecule has 1 amide bonds. The molecule has 3 rings (SSSR count). The molecule has 0 saturated carbocycles. The summed E-state index contributed by atoms with van der Waals surface area (Å²) in [6.45, 7) is 1.79. The van der Waals surface area contributed by atoms with E-state index < -0.39 is 15.4 Å². The topological polar surface area (TPSA) is 63.2 Å². The molecule has 1 fully saturated rings. The van der Waals surface area contributed by atoms with Gasteiger partial charge in [-0.2, -0.15) is 0 Å². The smallest absolute Gasteiger partial charge is 0.261 e. The van der Waals surface area contributed by atoms with E-state index in [1.807, 2.05) is 30.3 Å². The summed E-state index contributed by atoms with van der Waals surface area (Å²) in [5.41, 5.74) is -0.647. The largest absolute Gasteiger partial charge is 0.345 e. The van der Waals surface area contributed by atoms with Crippen LogP contribution in [0.5, 0.6) is 0 Å². The minimum Gasteiger partial charge on any atom is -0.345 e. The van der Waals surface area contributed by atoms with Crippen LogP contribution in [0.3, 0.4) is 0 Å². The van der Waals surface area contributed by atoms with Crippen LogP contribution in [0.15, 0.2) is 30.3 Å². The van der Waals surface area contributed by atoms with Gasteiger partial charge in [-0.1, -0.05) is 18.2 Å². The van der Waals surface area contributed by atoms with E-state index in [1.54, 1.807) is 6.92 Å². The van der Waals surface area contributed by atoms with Crippen LogP contribution < -0.4 is 5.32 Å². The van der Waals surface area contributed by atoms with E-state index in [0.717, 1.165) is 10.1 Å². The van der Waals surface area contributed by atoms with Crippen molar-refractivity contribution in [3.63, 3.8) is 0 Å². The van der Waals surface area contributed by atoms with Gasteiger partial charge in [-0.25, -0.2) is 8.42 Å². The van der Waals surface area contributed by atoms with Gasteiger partial charge in [-0.05, 0) is 30.9 Å². The van der Waals surface area contributed by atoms with Gasteiger partial charge in [-0.15, -0.1) is 11.3 Å². The molecule has 2 aromatic rings. The summed E-state index contributed by atoms with van der Waals surface area (Å²) in [4.78, 5) is 12.9. The second-order valence-corrected chi connectivity index (χ2v) is 8.77. The van der Waals surface area contributed by atoms with Crippen molar-refractivity contribution in [2.45, 2.75) is 18.9 Å². The van der Waals surface area contributed by atoms with Gasteiger partial charge in [0.1, 0.15) is 0 Å². The van der Waals surface area contributed by atoms with Crippen LogP contribution in [0.2, 0.25) is 0 Å². The Kier molecular flexibility index (Phi) is 3.10. The van der Waals surface area contributed by atoms with Crippen LogP contribution in [0.1, 0.15) is 23.0 Å². The molecule has 1 aromatic carbocycles. The Morgan fingerprint density at radius 3 is 2.75 bits per heavy atom. The number of rotatable bonds is 2. The first-order chi connectivity index (χ1) is 9.37. The monoisotopic (exact) mass is 309 g/mol. The molecule has 1 atom stereocenters. The van der Waals surface area contributed by atoms with Gasteiger partial charge in [0.2, 0.25) is 0 Å². The SMILES string of the molecule is C[C@@]1(NC(=O)c2cc3ccccc3s2)CCS(=O)(=O)C1. The highest BCUT2D eigenvalue weighted by molar-refractivity contribution is 7.91. The van der Waals surface area contributed by atoms with Gasteiger partial charge in [-0.3, -0.25) is 4.79 Å². The third-order valence-electron chi connectivity index (χ3n) is 3.57. The van der Waals surface area contributed by atoms with E-state index in [9.17, 15) is 13.2 Å². The molecule has 6 heteroatoms. The van der Waals surface area contributed by atoms with E-state index in [4.69, 9.17) is 0 Å². The third-order valence-corrected chi connectivity index (χ3v) is 6.59. The van der Waals surface area contributed by atoms with Crippen LogP contribution in [0.4, 0.5) is 0 Å². The number of amides is 1. The molecule has 20 heavy (non-hydrogen) atoms. The first kappa shape index (κ1) is 13.6. The molecule has 1 aliphatic rings. The first-order valence-corrected chi connectivity index (χ1v) is 9.02. The lowest BCUT2D eigenvalue weighted by molar-refractivity contribution is 0.0919. The van der Waals surface area contributed by atoms with E-state index in [1.165, 1.54) is 11.3 Å². The summed E-state index contributed by atoms with van der Waals surface area (Å²) in [5.74, 6) is -0.0156. The van der Waals surface area contributed by atoms with Crippen LogP contribution >= 0.6 is 11.3 Å². The zero-order valence-corrected chi connectivity index (χ0v) is 12.7. The molecule has 1 saturated heterocycles. The number of carbonyl (C=O) groups excluding carboxylic acids is 1. The number of hydrogen-bond donors (Lipinski definition) is 1. The number of thiophene rings is 1. The van der Waals surface area contributed by atoms with Gasteiger partial charge >= 0.3 is 0 Å². The maximum atomic E-state index is 12.3. The number of fused-ring (bicyclic) bond motifs is 1. The van der Waals surface area contributed by atoms with Crippen LogP contribution in [0.25, 0.3) is 10.1 Å². The molecule has 4 nitrogen and oxygen atoms in total. The molecule has 0 bridgehead atoms. The zero-order chi connectivity index (χ0) is 14.4. The number of hydrogen-bond acceptors (Lipinski definition) is 4. The Morgan fingerprint density at radius 2 is 2.10 bits per heavy atom. The first-order valence-electron chi connectivity index (χ1n) is 6.38. The lowest BCUT2D eigenvalue weighted by atomic mass is 10.0. The molecule has 1 N–H and O–H groups in total. The Morgan fingerprint density at radius 1 is 1.35 bits per heavy atom. The highest BCUT2D eigenvalue weighted by atomic mass is 32.2. The predicted octanol–water partition coefficient (Wildman–Crippen LogP) is 2.21. The Hall–Kier alpha value is -1.40. The molecule has 106 valence electrons. The van der Waals surface area contributed by atoms with Crippen molar-refractivity contribution in [2.24, 2.45) is 0 Å². The molecular formula is C14H15NO3S2. The maximum absolute atomic E-state index is 12.3. The fourth-order valence-electron chi connectivity index (χ4n) is 2.54. The zero-order valence-electron chi connectivity index (χ0n) is 11.0. The lowest BCUT2D eigenvalue weighted by Crippen LogP contribution is -2.46. The summed E-state index contributed by atoms with van der Waals surface area (Å²) in [5, 5.41) is 3.91. The fourth-order valence-corrected chi connectivity index (χ4v) is 5.59. The van der Waals surface area contributed by atoms with Gasteiger partial charge in [0.05, 0.1) is 21.9 Å². The van der Waals surface area contributed by atoms with Gasteiger partial charge in [0.25, 0.3) is 5.91 Å². The van der Waals surface area contributed by atoms with Crippen molar-refractivity contribution in [2.75, 3.05) is 11.5 Å². The van der Waals surface area contributed by atoms with Crippen molar-refractivity contribution in [1.29, 1.82) is 0 Å². The summed E-state index contributed by atoms with van der Waals surface area (Å²) in [6.07, 6.45) is 0.478. The number of nitrogens with one attached hydrogen (secondary N) is 1. The van der Waals surface area contributed by atoms with Gasteiger partial charge in [0.15, 0.2) is 9.84 Å². The predicted molar refractivity (Wildman–Crippen MR) is 81.0 cm³/mol. The van der Waals surface area contributed by atoms with Crippen molar-refractivity contribution < 1.29 is 13.2 Å². The van der Waals surface area contributed by atoms with Crippen molar-refractivity contribution in [3.8, 4) is 0 Å². The minimum atomic E-state index is -3.02. The van der Waals surface area contributed by atoms with Gasteiger partial charge < -0.3 is 5.32 Å². The van der Waals surface area contributed by atoms with E-state index in [-0.39, 0.29) is 17.4 Å². The fraction of sp³-hybridized carbons (Fsp3) is 0.357. The molecule has 0 unspecified atom stereocenters. The van der Waals surface area contributed by atoms with Crippen molar-refractivity contribution in [3.05, 3.63) is 35.2 Å². The molecular weight excluding hydrogens is 294 g/mol. The van der Waals surface area contributed by atoms with Crippen LogP contribution in [-0.2, 0) is 9.84 Å². The molecule has 0 spiro atoms.